The molecule has 2 aromatic rings. The van der Waals surface area contributed by atoms with Gasteiger partial charge in [-0.25, -0.2) is 8.42 Å². The largest absolute Gasteiger partial charge is 0.454 e. The number of benzene rings is 2. The van der Waals surface area contributed by atoms with E-state index in [2.05, 4.69) is 0 Å². The molecule has 0 bridgehead atoms. The van der Waals surface area contributed by atoms with Gasteiger partial charge < -0.3 is 14.8 Å². The maximum atomic E-state index is 13.9. The first-order chi connectivity index (χ1) is 18.7. The Labute approximate surface area is 232 Å². The molecule has 2 atom stereocenters. The number of halogens is 10. The van der Waals surface area contributed by atoms with Gasteiger partial charge in [-0.05, 0) is 42.3 Å². The van der Waals surface area contributed by atoms with Gasteiger partial charge in [-0.1, -0.05) is 29.8 Å². The zero-order valence-corrected chi connectivity index (χ0v) is 22.1. The highest BCUT2D eigenvalue weighted by Crippen LogP contribution is 2.45. The molecular weight excluding hydrogens is 621 g/mol. The van der Waals surface area contributed by atoms with Gasteiger partial charge in [0, 0.05) is 6.04 Å². The van der Waals surface area contributed by atoms with E-state index in [0.717, 1.165) is 31.2 Å². The SMILES string of the molecule is C[C@H](CS(=O)(=O)CC(F)(F)F)NC(=O)c1ccc(/C=C/C(c2cc(Cl)c3c(c2)OCO3)C(F)(F)F)cc1C(F)(F)F. The Morgan fingerprint density at radius 1 is 1.05 bits per heavy atom. The number of fused-ring (bicyclic) bond motifs is 1. The number of sulfone groups is 1. The highest BCUT2D eigenvalue weighted by Gasteiger charge is 2.41. The van der Waals surface area contributed by atoms with Gasteiger partial charge in [-0.15, -0.1) is 0 Å². The average molecular weight is 640 g/mol. The van der Waals surface area contributed by atoms with Crippen molar-refractivity contribution in [2.75, 3.05) is 18.3 Å². The minimum Gasteiger partial charge on any atom is -0.454 e. The van der Waals surface area contributed by atoms with Crippen LogP contribution in [-0.2, 0) is 16.0 Å². The van der Waals surface area contributed by atoms with Gasteiger partial charge in [0.1, 0.15) is 5.75 Å². The van der Waals surface area contributed by atoms with E-state index in [0.29, 0.717) is 18.2 Å². The van der Waals surface area contributed by atoms with Crippen LogP contribution in [0.3, 0.4) is 0 Å². The number of allylic oxidation sites excluding steroid dienone is 1. The summed E-state index contributed by atoms with van der Waals surface area (Å²) >= 11 is 5.96. The number of hydrogen-bond donors (Lipinski definition) is 1. The Morgan fingerprint density at radius 3 is 2.29 bits per heavy atom. The Hall–Kier alpha value is -3.14. The minimum atomic E-state index is -5.18. The van der Waals surface area contributed by atoms with E-state index >= 15 is 0 Å². The van der Waals surface area contributed by atoms with Crippen molar-refractivity contribution in [1.29, 1.82) is 0 Å². The third-order valence-corrected chi connectivity index (χ3v) is 7.56. The lowest BCUT2D eigenvalue weighted by Crippen LogP contribution is -2.40. The molecule has 41 heavy (non-hydrogen) atoms. The maximum Gasteiger partial charge on any atom is 0.417 e. The number of nitrogens with one attached hydrogen (secondary N) is 1. The fraction of sp³-hybridized carbons (Fsp3) is 0.375. The summed E-state index contributed by atoms with van der Waals surface area (Å²) in [6, 6.07) is 2.46. The molecule has 0 spiro atoms. The first kappa shape index (κ1) is 32.4. The van der Waals surface area contributed by atoms with E-state index in [1.165, 1.54) is 0 Å². The Balaban J connectivity index is 1.88. The summed E-state index contributed by atoms with van der Waals surface area (Å²) in [4.78, 5) is 12.5. The second kappa shape index (κ2) is 11.6. The van der Waals surface area contributed by atoms with Crippen LogP contribution in [0.4, 0.5) is 39.5 Å². The number of rotatable bonds is 8. The predicted molar refractivity (Wildman–Crippen MR) is 128 cm³/mol. The van der Waals surface area contributed by atoms with E-state index in [-0.39, 0.29) is 34.4 Å². The summed E-state index contributed by atoms with van der Waals surface area (Å²) < 4.78 is 154. The molecule has 226 valence electrons. The van der Waals surface area contributed by atoms with Gasteiger partial charge in [-0.3, -0.25) is 4.79 Å². The summed E-state index contributed by atoms with van der Waals surface area (Å²) in [5.74, 6) is -7.19. The lowest BCUT2D eigenvalue weighted by Gasteiger charge is -2.19. The summed E-state index contributed by atoms with van der Waals surface area (Å²) in [7, 11) is -4.75. The van der Waals surface area contributed by atoms with Crippen molar-refractivity contribution in [2.45, 2.75) is 37.4 Å². The first-order valence-corrected chi connectivity index (χ1v) is 13.5. The number of ether oxygens (including phenoxy) is 2. The normalized spacial score (nSPS) is 15.7. The van der Waals surface area contributed by atoms with Crippen LogP contribution < -0.4 is 14.8 Å². The topological polar surface area (TPSA) is 81.7 Å². The number of alkyl halides is 9. The standard InChI is InChI=1S/C24H19ClF9NO5S/c1-12(9-41(37,38)10-22(26,27)28)35-21(36)15-4-2-13(6-17(15)24(32,33)34)3-5-16(23(29,30)31)14-7-18(25)20-19(8-14)39-11-40-20/h2-8,12,16H,9-11H2,1H3,(H,35,36)/b5-3+/t12-,16?/m1/s1. The van der Waals surface area contributed by atoms with Crippen LogP contribution in [0.2, 0.25) is 5.02 Å². The van der Waals surface area contributed by atoms with Crippen LogP contribution in [0.15, 0.2) is 36.4 Å². The molecule has 1 unspecified atom stereocenters. The molecule has 0 radical (unpaired) electrons. The average Bonchev–Trinajstić information content (AvgIpc) is 3.24. The predicted octanol–water partition coefficient (Wildman–Crippen LogP) is 6.54. The third kappa shape index (κ3) is 8.67. The lowest BCUT2D eigenvalue weighted by atomic mass is 9.95. The maximum absolute atomic E-state index is 13.9. The number of carbonyl (C=O) groups excluding carboxylic acids is 1. The van der Waals surface area contributed by atoms with Crippen molar-refractivity contribution in [2.24, 2.45) is 0 Å². The highest BCUT2D eigenvalue weighted by atomic mass is 35.5. The van der Waals surface area contributed by atoms with Crippen molar-refractivity contribution in [1.82, 2.24) is 5.32 Å². The van der Waals surface area contributed by atoms with Crippen LogP contribution in [0.25, 0.3) is 6.08 Å². The molecule has 2 aromatic carbocycles. The van der Waals surface area contributed by atoms with Crippen molar-refractivity contribution in [3.05, 3.63) is 63.7 Å². The fourth-order valence-corrected chi connectivity index (χ4v) is 5.65. The summed E-state index contributed by atoms with van der Waals surface area (Å²) in [6.45, 7) is 0.711. The molecule has 1 aliphatic rings. The summed E-state index contributed by atoms with van der Waals surface area (Å²) in [5, 5.41) is 1.73. The van der Waals surface area contributed by atoms with E-state index in [1.807, 2.05) is 5.32 Å². The van der Waals surface area contributed by atoms with Crippen LogP contribution in [0, 0.1) is 0 Å². The van der Waals surface area contributed by atoms with Crippen molar-refractivity contribution < 1.29 is 62.2 Å². The van der Waals surface area contributed by atoms with E-state index in [1.54, 1.807) is 0 Å². The second-order valence-electron chi connectivity index (χ2n) is 8.96. The molecule has 0 saturated carbocycles. The fourth-order valence-electron chi connectivity index (χ4n) is 3.91. The van der Waals surface area contributed by atoms with E-state index < -0.39 is 68.9 Å². The van der Waals surface area contributed by atoms with Crippen LogP contribution in [0.5, 0.6) is 11.5 Å². The smallest absolute Gasteiger partial charge is 0.417 e. The Kier molecular flexibility index (Phi) is 9.18. The lowest BCUT2D eigenvalue weighted by molar-refractivity contribution is -0.139. The third-order valence-electron chi connectivity index (χ3n) is 5.50. The van der Waals surface area contributed by atoms with Crippen LogP contribution >= 0.6 is 11.6 Å². The second-order valence-corrected chi connectivity index (χ2v) is 11.5. The zero-order chi connectivity index (χ0) is 31.0. The summed E-state index contributed by atoms with van der Waals surface area (Å²) in [6.07, 6.45) is -13.8. The Bertz CT molecular complexity index is 1440. The minimum absolute atomic E-state index is 0.0382. The van der Waals surface area contributed by atoms with E-state index in [9.17, 15) is 52.7 Å². The van der Waals surface area contributed by atoms with Gasteiger partial charge in [0.2, 0.25) is 6.79 Å². The molecule has 17 heteroatoms. The molecule has 0 aliphatic carbocycles. The quantitative estimate of drug-likeness (QED) is 0.332. The number of carbonyl (C=O) groups is 1. The molecule has 0 aromatic heterocycles. The highest BCUT2D eigenvalue weighted by molar-refractivity contribution is 7.91. The van der Waals surface area contributed by atoms with E-state index in [4.69, 9.17) is 21.1 Å². The Morgan fingerprint density at radius 2 is 1.71 bits per heavy atom. The summed E-state index contributed by atoms with van der Waals surface area (Å²) in [5.41, 5.74) is -3.36. The molecule has 1 heterocycles. The molecule has 1 aliphatic heterocycles. The van der Waals surface area contributed by atoms with Gasteiger partial charge >= 0.3 is 18.5 Å². The van der Waals surface area contributed by atoms with Crippen molar-refractivity contribution in [3.8, 4) is 11.5 Å². The van der Waals surface area contributed by atoms with Crippen molar-refractivity contribution in [3.63, 3.8) is 0 Å². The number of hydrogen-bond acceptors (Lipinski definition) is 5. The number of amides is 1. The molecule has 1 N–H and O–H groups in total. The molecule has 3 rings (SSSR count). The first-order valence-electron chi connectivity index (χ1n) is 11.3. The van der Waals surface area contributed by atoms with Gasteiger partial charge in [0.05, 0.1) is 27.8 Å². The molecule has 0 saturated heterocycles. The van der Waals surface area contributed by atoms with Crippen LogP contribution in [0.1, 0.15) is 39.9 Å². The molecule has 1 amide bonds. The molecule has 6 nitrogen and oxygen atoms in total. The van der Waals surface area contributed by atoms with Gasteiger partial charge in [0.25, 0.3) is 5.91 Å². The van der Waals surface area contributed by atoms with Gasteiger partial charge in [-0.2, -0.15) is 39.5 Å². The van der Waals surface area contributed by atoms with Crippen LogP contribution in [-0.4, -0.2) is 51.0 Å². The molecular formula is C24H19ClF9NO5S. The molecule has 0 fully saturated rings. The van der Waals surface area contributed by atoms with Gasteiger partial charge in [0.15, 0.2) is 21.3 Å². The van der Waals surface area contributed by atoms with Crippen molar-refractivity contribution >= 4 is 33.4 Å². The monoisotopic (exact) mass is 639 g/mol. The zero-order valence-electron chi connectivity index (χ0n) is 20.5.